The van der Waals surface area contributed by atoms with Crippen LogP contribution in [0.1, 0.15) is 12.1 Å². The third-order valence-electron chi connectivity index (χ3n) is 4.14. The van der Waals surface area contributed by atoms with Crippen LogP contribution in [0.5, 0.6) is 11.5 Å². The van der Waals surface area contributed by atoms with Crippen molar-refractivity contribution in [1.29, 1.82) is 0 Å². The van der Waals surface area contributed by atoms with Crippen LogP contribution in [-0.2, 0) is 17.1 Å². The van der Waals surface area contributed by atoms with E-state index in [-0.39, 0.29) is 4.90 Å². The summed E-state index contributed by atoms with van der Waals surface area (Å²) in [6.07, 6.45) is 2.23. The van der Waals surface area contributed by atoms with Crippen molar-refractivity contribution in [2.75, 3.05) is 17.9 Å². The summed E-state index contributed by atoms with van der Waals surface area (Å²) < 4.78 is 40.8. The fraction of sp³-hybridized carbons (Fsp3) is 0.294. The SMILES string of the molecule is Cc1nn(C)c2ncc(NS(=O)(=O)c3ccc4c(c3)OCCCO4)cc12. The lowest BCUT2D eigenvalue weighted by molar-refractivity contribution is 0.297. The van der Waals surface area contributed by atoms with Gasteiger partial charge in [-0.25, -0.2) is 13.4 Å². The zero-order chi connectivity index (χ0) is 18.3. The van der Waals surface area contributed by atoms with Crippen LogP contribution in [0.15, 0.2) is 35.4 Å². The molecule has 0 aliphatic carbocycles. The van der Waals surface area contributed by atoms with Crippen molar-refractivity contribution in [2.45, 2.75) is 18.2 Å². The minimum atomic E-state index is -3.79. The van der Waals surface area contributed by atoms with Gasteiger partial charge in [0, 0.05) is 24.9 Å². The number of aryl methyl sites for hydroxylation is 2. The average Bonchev–Trinajstić information content (AvgIpc) is 2.78. The van der Waals surface area contributed by atoms with Gasteiger partial charge < -0.3 is 9.47 Å². The number of sulfonamides is 1. The number of fused-ring (bicyclic) bond motifs is 2. The van der Waals surface area contributed by atoms with Crippen LogP contribution in [-0.4, -0.2) is 36.4 Å². The van der Waals surface area contributed by atoms with Crippen molar-refractivity contribution in [3.8, 4) is 11.5 Å². The van der Waals surface area contributed by atoms with Gasteiger partial charge in [0.15, 0.2) is 17.1 Å². The Balaban J connectivity index is 1.67. The molecule has 1 aliphatic rings. The van der Waals surface area contributed by atoms with Crippen molar-refractivity contribution in [3.05, 3.63) is 36.2 Å². The van der Waals surface area contributed by atoms with E-state index in [0.717, 1.165) is 17.5 Å². The van der Waals surface area contributed by atoms with Gasteiger partial charge in [-0.2, -0.15) is 5.10 Å². The number of hydrogen-bond acceptors (Lipinski definition) is 6. The second-order valence-electron chi connectivity index (χ2n) is 6.07. The van der Waals surface area contributed by atoms with Gasteiger partial charge in [0.25, 0.3) is 10.0 Å². The Morgan fingerprint density at radius 3 is 2.73 bits per heavy atom. The van der Waals surface area contributed by atoms with Crippen LogP contribution in [0.4, 0.5) is 5.69 Å². The summed E-state index contributed by atoms with van der Waals surface area (Å²) in [5.41, 5.74) is 1.85. The van der Waals surface area contributed by atoms with Gasteiger partial charge in [0.2, 0.25) is 0 Å². The van der Waals surface area contributed by atoms with Gasteiger partial charge in [0.05, 0.1) is 35.7 Å². The molecule has 1 N–H and O–H groups in total. The number of rotatable bonds is 3. The highest BCUT2D eigenvalue weighted by Gasteiger charge is 2.19. The fourth-order valence-electron chi connectivity index (χ4n) is 2.89. The molecule has 8 nitrogen and oxygen atoms in total. The van der Waals surface area contributed by atoms with Crippen LogP contribution >= 0.6 is 0 Å². The first-order valence-corrected chi connectivity index (χ1v) is 9.64. The van der Waals surface area contributed by atoms with Gasteiger partial charge >= 0.3 is 0 Å². The van der Waals surface area contributed by atoms with E-state index in [1.807, 2.05) is 6.92 Å². The lowest BCUT2D eigenvalue weighted by Crippen LogP contribution is -2.13. The van der Waals surface area contributed by atoms with Crippen LogP contribution in [0, 0.1) is 6.92 Å². The number of nitrogens with zero attached hydrogens (tertiary/aromatic N) is 3. The van der Waals surface area contributed by atoms with Gasteiger partial charge in [-0.1, -0.05) is 0 Å². The Hall–Kier alpha value is -2.81. The molecular weight excluding hydrogens is 356 g/mol. The summed E-state index contributed by atoms with van der Waals surface area (Å²) in [7, 11) is -1.99. The number of anilines is 1. The van der Waals surface area contributed by atoms with E-state index >= 15 is 0 Å². The second-order valence-corrected chi connectivity index (χ2v) is 7.75. The molecule has 0 saturated heterocycles. The van der Waals surface area contributed by atoms with Gasteiger partial charge in [-0.3, -0.25) is 9.40 Å². The predicted octanol–water partition coefficient (Wildman–Crippen LogP) is 2.24. The lowest BCUT2D eigenvalue weighted by Gasteiger charge is -2.11. The third kappa shape index (κ3) is 2.94. The second kappa shape index (κ2) is 6.17. The largest absolute Gasteiger partial charge is 0.490 e. The normalized spacial score (nSPS) is 14.2. The molecule has 136 valence electrons. The number of nitrogens with one attached hydrogen (secondary N) is 1. The maximum absolute atomic E-state index is 12.7. The predicted molar refractivity (Wildman–Crippen MR) is 96.1 cm³/mol. The Kier molecular flexibility index (Phi) is 3.95. The van der Waals surface area contributed by atoms with E-state index in [2.05, 4.69) is 14.8 Å². The van der Waals surface area contributed by atoms with Crippen LogP contribution in [0.2, 0.25) is 0 Å². The molecule has 9 heteroatoms. The fourth-order valence-corrected chi connectivity index (χ4v) is 3.94. The van der Waals surface area contributed by atoms with E-state index in [9.17, 15) is 8.42 Å². The highest BCUT2D eigenvalue weighted by Crippen LogP contribution is 2.32. The van der Waals surface area contributed by atoms with Crippen molar-refractivity contribution in [2.24, 2.45) is 7.05 Å². The van der Waals surface area contributed by atoms with Crippen molar-refractivity contribution >= 4 is 26.7 Å². The van der Waals surface area contributed by atoms with Gasteiger partial charge in [-0.05, 0) is 25.1 Å². The monoisotopic (exact) mass is 374 g/mol. The Morgan fingerprint density at radius 2 is 1.92 bits per heavy atom. The van der Waals surface area contributed by atoms with E-state index in [4.69, 9.17) is 9.47 Å². The van der Waals surface area contributed by atoms with E-state index < -0.39 is 10.0 Å². The summed E-state index contributed by atoms with van der Waals surface area (Å²) >= 11 is 0. The molecule has 0 unspecified atom stereocenters. The summed E-state index contributed by atoms with van der Waals surface area (Å²) in [5.74, 6) is 0.984. The molecule has 3 aromatic rings. The molecule has 0 bridgehead atoms. The first-order chi connectivity index (χ1) is 12.4. The van der Waals surface area contributed by atoms with E-state index in [1.54, 1.807) is 23.9 Å². The maximum atomic E-state index is 12.7. The molecule has 0 amide bonds. The molecule has 0 saturated carbocycles. The molecule has 0 spiro atoms. The van der Waals surface area contributed by atoms with Crippen molar-refractivity contribution < 1.29 is 17.9 Å². The van der Waals surface area contributed by atoms with Crippen molar-refractivity contribution in [1.82, 2.24) is 14.8 Å². The Labute approximate surface area is 150 Å². The number of hydrogen-bond donors (Lipinski definition) is 1. The molecule has 26 heavy (non-hydrogen) atoms. The van der Waals surface area contributed by atoms with Gasteiger partial charge in [0.1, 0.15) is 0 Å². The first-order valence-electron chi connectivity index (χ1n) is 8.16. The summed E-state index contributed by atoms with van der Waals surface area (Å²) in [5, 5.41) is 5.09. The molecule has 3 heterocycles. The average molecular weight is 374 g/mol. The standard InChI is InChI=1S/C17H18N4O4S/c1-11-14-8-12(10-18-17(14)21(2)19-11)20-26(22,23)13-4-5-15-16(9-13)25-7-3-6-24-15/h4-5,8-10,20H,3,6-7H2,1-2H3. The Morgan fingerprint density at radius 1 is 1.15 bits per heavy atom. The molecule has 2 aromatic heterocycles. The highest BCUT2D eigenvalue weighted by molar-refractivity contribution is 7.92. The zero-order valence-electron chi connectivity index (χ0n) is 14.4. The van der Waals surface area contributed by atoms with Crippen LogP contribution in [0.25, 0.3) is 11.0 Å². The summed E-state index contributed by atoms with van der Waals surface area (Å²) in [6, 6.07) is 6.31. The number of pyridine rings is 1. The number of ether oxygens (including phenoxy) is 2. The molecule has 1 aromatic carbocycles. The minimum Gasteiger partial charge on any atom is -0.490 e. The topological polar surface area (TPSA) is 95.3 Å². The zero-order valence-corrected chi connectivity index (χ0v) is 15.2. The van der Waals surface area contributed by atoms with Gasteiger partial charge in [-0.15, -0.1) is 0 Å². The van der Waals surface area contributed by atoms with Crippen LogP contribution in [0.3, 0.4) is 0 Å². The molecule has 0 atom stereocenters. The van der Waals surface area contributed by atoms with Crippen LogP contribution < -0.4 is 14.2 Å². The summed E-state index contributed by atoms with van der Waals surface area (Å²) in [4.78, 5) is 4.39. The Bertz CT molecular complexity index is 1090. The molecule has 4 rings (SSSR count). The maximum Gasteiger partial charge on any atom is 0.262 e. The smallest absolute Gasteiger partial charge is 0.262 e. The molecule has 0 fully saturated rings. The van der Waals surface area contributed by atoms with E-state index in [0.29, 0.717) is 36.0 Å². The van der Waals surface area contributed by atoms with Crippen molar-refractivity contribution in [3.63, 3.8) is 0 Å². The molecule has 1 aliphatic heterocycles. The van der Waals surface area contributed by atoms with E-state index in [1.165, 1.54) is 18.3 Å². The number of benzene rings is 1. The highest BCUT2D eigenvalue weighted by atomic mass is 32.2. The molecule has 0 radical (unpaired) electrons. The minimum absolute atomic E-state index is 0.102. The molecular formula is C17H18N4O4S. The quantitative estimate of drug-likeness (QED) is 0.755. The lowest BCUT2D eigenvalue weighted by atomic mass is 10.3. The third-order valence-corrected chi connectivity index (χ3v) is 5.52. The first kappa shape index (κ1) is 16.6. The summed E-state index contributed by atoms with van der Waals surface area (Å²) in [6.45, 7) is 2.89. The number of aromatic nitrogens is 3.